The van der Waals surface area contributed by atoms with Crippen LogP contribution in [0.1, 0.15) is 88.2 Å². The lowest BCUT2D eigenvalue weighted by molar-refractivity contribution is -0.136. The molecule has 2 saturated heterocycles. The van der Waals surface area contributed by atoms with Crippen LogP contribution in [0.15, 0.2) is 48.8 Å². The Morgan fingerprint density at radius 3 is 1.76 bits per heavy atom. The number of alkyl carbamates (subject to hydrolysis) is 2. The Kier molecular flexibility index (Phi) is 10.7. The van der Waals surface area contributed by atoms with E-state index in [9.17, 15) is 19.2 Å². The summed E-state index contributed by atoms with van der Waals surface area (Å²) in [6.45, 7) is 8.82. The van der Waals surface area contributed by atoms with E-state index in [-0.39, 0.29) is 35.7 Å². The summed E-state index contributed by atoms with van der Waals surface area (Å²) in [6.07, 6.45) is 6.47. The zero-order valence-corrected chi connectivity index (χ0v) is 34.7. The van der Waals surface area contributed by atoms with Crippen LogP contribution in [0.2, 0.25) is 0 Å². The van der Waals surface area contributed by atoms with Gasteiger partial charge in [0.15, 0.2) is 0 Å². The number of likely N-dealkylation sites (tertiary alicyclic amines) is 2. The van der Waals surface area contributed by atoms with Gasteiger partial charge in [-0.05, 0) is 72.4 Å². The molecule has 0 radical (unpaired) electrons. The van der Waals surface area contributed by atoms with Crippen LogP contribution in [-0.4, -0.2) is 97.7 Å². The van der Waals surface area contributed by atoms with Crippen LogP contribution in [0, 0.1) is 11.8 Å². The highest BCUT2D eigenvalue weighted by Crippen LogP contribution is 2.45. The molecule has 3 aromatic heterocycles. The average molecular weight is 804 g/mol. The summed E-state index contributed by atoms with van der Waals surface area (Å²) in [5, 5.41) is 6.61. The number of hydrogen-bond acceptors (Lipinski definition) is 8. The molecule has 2 aromatic carbocycles. The number of aromatic nitrogens is 5. The molecule has 8 rings (SSSR count). The first-order valence-corrected chi connectivity index (χ1v) is 20.5. The predicted molar refractivity (Wildman–Crippen MR) is 222 cm³/mol. The number of methoxy groups -OCH3 is 2. The minimum absolute atomic E-state index is 0.109. The van der Waals surface area contributed by atoms with Gasteiger partial charge in [-0.2, -0.15) is 0 Å². The Morgan fingerprint density at radius 2 is 1.25 bits per heavy atom. The number of nitrogens with one attached hydrogen (secondary N) is 4. The number of aromatic amines is 2. The molecule has 0 spiro atoms. The van der Waals surface area contributed by atoms with Gasteiger partial charge < -0.3 is 44.4 Å². The third-order valence-electron chi connectivity index (χ3n) is 12.3. The van der Waals surface area contributed by atoms with E-state index in [2.05, 4.69) is 68.6 Å². The van der Waals surface area contributed by atoms with Gasteiger partial charge in [0, 0.05) is 48.6 Å². The van der Waals surface area contributed by atoms with E-state index in [0.29, 0.717) is 13.1 Å². The molecular formula is C44H53N9O6. The second-order valence-corrected chi connectivity index (χ2v) is 16.6. The molecule has 15 heteroatoms. The van der Waals surface area contributed by atoms with Crippen molar-refractivity contribution >= 4 is 34.9 Å². The highest BCUT2D eigenvalue weighted by molar-refractivity contribution is 5.98. The van der Waals surface area contributed by atoms with Gasteiger partial charge in [0.25, 0.3) is 0 Å². The van der Waals surface area contributed by atoms with Gasteiger partial charge >= 0.3 is 12.2 Å². The first-order valence-electron chi connectivity index (χ1n) is 20.5. The summed E-state index contributed by atoms with van der Waals surface area (Å²) in [5.41, 5.74) is 9.84. The molecule has 0 bridgehead atoms. The normalized spacial score (nSPS) is 18.3. The Bertz CT molecular complexity index is 2430. The van der Waals surface area contributed by atoms with E-state index in [4.69, 9.17) is 19.4 Å². The number of carbonyl (C=O) groups is 4. The minimum Gasteiger partial charge on any atom is -0.453 e. The first-order chi connectivity index (χ1) is 28.4. The van der Waals surface area contributed by atoms with Crippen LogP contribution in [0.4, 0.5) is 9.59 Å². The van der Waals surface area contributed by atoms with Crippen molar-refractivity contribution in [3.05, 3.63) is 71.6 Å². The molecule has 4 N–H and O–H groups in total. The number of benzene rings is 2. The number of hydrogen-bond donors (Lipinski definition) is 4. The van der Waals surface area contributed by atoms with E-state index < -0.39 is 24.3 Å². The van der Waals surface area contributed by atoms with Crippen molar-refractivity contribution in [3.8, 4) is 33.8 Å². The molecule has 4 amide bonds. The molecule has 1 unspecified atom stereocenters. The fourth-order valence-corrected chi connectivity index (χ4v) is 9.23. The van der Waals surface area contributed by atoms with Crippen molar-refractivity contribution in [1.82, 2.24) is 44.9 Å². The lowest BCUT2D eigenvalue weighted by atomic mass is 10.0. The molecule has 1 aliphatic carbocycles. The maximum absolute atomic E-state index is 13.7. The standard InChI is InChI=1S/C44H53N9O6/c1-23(2)36(49-43(56)58-6)41(54)52-16-8-10-34(52)39-45-21-31(47-39)25-12-14-28-27(18-25)20-30-29-19-26(13-15-33(29)51(5)38(28)30)32-22-46-40(48-32)35-11-9-17-53(35)42(55)37(24(3)4)50-44(57)59-7/h12-15,18-19,21-24,34-37H,8-11,16-17,20H2,1-7H3,(H,45,47)(H,46,48)(H,49,56)(H,50,57)/t34-,35-,36-,37?/m0/s1. The maximum Gasteiger partial charge on any atom is 0.407 e. The molecule has 310 valence electrons. The van der Waals surface area contributed by atoms with Gasteiger partial charge in [0.05, 0.1) is 55.8 Å². The number of H-pyrrole nitrogens is 2. The summed E-state index contributed by atoms with van der Waals surface area (Å²) in [5.74, 6) is 0.971. The summed E-state index contributed by atoms with van der Waals surface area (Å²) >= 11 is 0. The maximum atomic E-state index is 13.7. The second-order valence-electron chi connectivity index (χ2n) is 16.6. The number of imidazole rings is 2. The van der Waals surface area contributed by atoms with Crippen LogP contribution in [-0.2, 0) is 32.5 Å². The van der Waals surface area contributed by atoms with Crippen LogP contribution in [0.5, 0.6) is 0 Å². The quantitative estimate of drug-likeness (QED) is 0.119. The lowest BCUT2D eigenvalue weighted by Crippen LogP contribution is -2.51. The molecule has 2 fully saturated rings. The molecule has 0 saturated carbocycles. The van der Waals surface area contributed by atoms with Gasteiger partial charge in [-0.15, -0.1) is 0 Å². The highest BCUT2D eigenvalue weighted by atomic mass is 16.5. The number of nitrogens with zero attached hydrogens (tertiary/aromatic N) is 5. The number of rotatable bonds is 10. The first kappa shape index (κ1) is 39.7. The van der Waals surface area contributed by atoms with Crippen LogP contribution in [0.25, 0.3) is 44.7 Å². The highest BCUT2D eigenvalue weighted by Gasteiger charge is 2.39. The molecule has 4 atom stereocenters. The Balaban J connectivity index is 1.01. The zero-order chi connectivity index (χ0) is 41.7. The van der Waals surface area contributed by atoms with E-state index in [1.807, 2.05) is 49.9 Å². The van der Waals surface area contributed by atoms with Gasteiger partial charge in [-0.25, -0.2) is 19.6 Å². The van der Waals surface area contributed by atoms with E-state index in [1.54, 1.807) is 0 Å². The van der Waals surface area contributed by atoms with Crippen molar-refractivity contribution < 1.29 is 28.7 Å². The van der Waals surface area contributed by atoms with Crippen LogP contribution in [0.3, 0.4) is 0 Å². The van der Waals surface area contributed by atoms with Crippen molar-refractivity contribution in [2.24, 2.45) is 18.9 Å². The third-order valence-corrected chi connectivity index (χ3v) is 12.3. The smallest absolute Gasteiger partial charge is 0.407 e. The van der Waals surface area contributed by atoms with Gasteiger partial charge in [-0.1, -0.05) is 45.9 Å². The van der Waals surface area contributed by atoms with E-state index in [1.165, 1.54) is 42.0 Å². The van der Waals surface area contributed by atoms with E-state index >= 15 is 0 Å². The van der Waals surface area contributed by atoms with Crippen molar-refractivity contribution in [3.63, 3.8) is 0 Å². The summed E-state index contributed by atoms with van der Waals surface area (Å²) in [4.78, 5) is 71.7. The van der Waals surface area contributed by atoms with Crippen molar-refractivity contribution in [2.75, 3.05) is 27.3 Å². The van der Waals surface area contributed by atoms with Crippen LogP contribution >= 0.6 is 0 Å². The molecule has 2 aliphatic heterocycles. The van der Waals surface area contributed by atoms with Gasteiger partial charge in [0.1, 0.15) is 23.7 Å². The largest absolute Gasteiger partial charge is 0.453 e. The van der Waals surface area contributed by atoms with Crippen molar-refractivity contribution in [1.29, 1.82) is 0 Å². The topological polar surface area (TPSA) is 180 Å². The number of ether oxygens (including phenoxy) is 2. The molecule has 5 aromatic rings. The van der Waals surface area contributed by atoms with Crippen LogP contribution < -0.4 is 10.6 Å². The molecule has 59 heavy (non-hydrogen) atoms. The van der Waals surface area contributed by atoms with Gasteiger partial charge in [-0.3, -0.25) is 9.59 Å². The third kappa shape index (κ3) is 7.20. The van der Waals surface area contributed by atoms with Crippen molar-refractivity contribution in [2.45, 2.75) is 84.0 Å². The lowest BCUT2D eigenvalue weighted by Gasteiger charge is -2.30. The zero-order valence-electron chi connectivity index (χ0n) is 34.7. The number of fused-ring (bicyclic) bond motifs is 5. The summed E-state index contributed by atoms with van der Waals surface area (Å²) < 4.78 is 11.8. The Morgan fingerprint density at radius 1 is 0.746 bits per heavy atom. The van der Waals surface area contributed by atoms with Gasteiger partial charge in [0.2, 0.25) is 11.8 Å². The molecule has 3 aliphatic rings. The van der Waals surface area contributed by atoms with E-state index in [0.717, 1.165) is 71.8 Å². The number of aryl methyl sites for hydroxylation is 1. The summed E-state index contributed by atoms with van der Waals surface area (Å²) in [7, 11) is 4.71. The SMILES string of the molecule is COC(=O)NC(C(=O)N1CCC[C@H]1c1ncc(-c2ccc3c(c2)c2c(n3C)-c3ccc(-c4cnc([C@@H]5CCCN5C(=O)[C@@H](NC(=O)OC)C(C)C)[nH]4)cc3C2)[nH]1)C(C)C. The molecule has 5 heterocycles. The fourth-order valence-electron chi connectivity index (χ4n) is 9.23. The Hall–Kier alpha value is -6.12. The monoisotopic (exact) mass is 803 g/mol. The summed E-state index contributed by atoms with van der Waals surface area (Å²) in [6, 6.07) is 11.2. The number of amides is 4. The number of carbonyl (C=O) groups excluding carboxylic acids is 4. The minimum atomic E-state index is -0.695. The molecule has 15 nitrogen and oxygen atoms in total. The molecular weight excluding hydrogens is 751 g/mol. The fraction of sp³-hybridized carbons (Fsp3) is 0.455. The predicted octanol–water partition coefficient (Wildman–Crippen LogP) is 6.62. The Labute approximate surface area is 343 Å². The second kappa shape index (κ2) is 15.9. The average Bonchev–Trinajstić information content (AvgIpc) is 4.09.